The van der Waals surface area contributed by atoms with E-state index >= 15 is 0 Å². The van der Waals surface area contributed by atoms with Crippen LogP contribution >= 0.6 is 11.9 Å². The molecule has 0 radical (unpaired) electrons. The lowest BCUT2D eigenvalue weighted by atomic mass is 10.1. The predicted octanol–water partition coefficient (Wildman–Crippen LogP) is 3.05. The van der Waals surface area contributed by atoms with Gasteiger partial charge in [-0.3, -0.25) is 4.98 Å². The second kappa shape index (κ2) is 7.01. The molecule has 3 aliphatic heterocycles. The average Bonchev–Trinajstić information content (AvgIpc) is 2.77. The van der Waals surface area contributed by atoms with Crippen molar-refractivity contribution in [3.05, 3.63) is 35.4 Å². The first kappa shape index (κ1) is 15.7. The highest BCUT2D eigenvalue weighted by molar-refractivity contribution is 8.03. The zero-order valence-corrected chi connectivity index (χ0v) is 14.6. The zero-order chi connectivity index (χ0) is 16.4. The summed E-state index contributed by atoms with van der Waals surface area (Å²) in [5, 5.41) is 5.71. The van der Waals surface area contributed by atoms with Gasteiger partial charge in [0.15, 0.2) is 0 Å². The SMILES string of the molecule is COCC[C@H]1CN(c2c3nccccc-3c3c2C=CSN3)CCN1. The molecule has 0 amide bonds. The molecule has 2 N–H and O–H groups in total. The van der Waals surface area contributed by atoms with Gasteiger partial charge >= 0.3 is 0 Å². The molecule has 126 valence electrons. The summed E-state index contributed by atoms with van der Waals surface area (Å²) in [4.78, 5) is 7.22. The van der Waals surface area contributed by atoms with Crippen molar-refractivity contribution in [2.75, 3.05) is 43.0 Å². The zero-order valence-electron chi connectivity index (χ0n) is 13.8. The van der Waals surface area contributed by atoms with Crippen molar-refractivity contribution in [2.45, 2.75) is 12.5 Å². The van der Waals surface area contributed by atoms with Gasteiger partial charge in [0.1, 0.15) is 0 Å². The van der Waals surface area contributed by atoms with Crippen LogP contribution < -0.4 is 14.9 Å². The van der Waals surface area contributed by atoms with E-state index in [4.69, 9.17) is 9.72 Å². The Morgan fingerprint density at radius 1 is 1.42 bits per heavy atom. The first-order valence-electron chi connectivity index (χ1n) is 8.34. The van der Waals surface area contributed by atoms with Gasteiger partial charge in [-0.05, 0) is 35.9 Å². The Kier molecular flexibility index (Phi) is 4.60. The van der Waals surface area contributed by atoms with Crippen molar-refractivity contribution in [2.24, 2.45) is 0 Å². The molecule has 4 rings (SSSR count). The minimum absolute atomic E-state index is 0.451. The van der Waals surface area contributed by atoms with Crippen LogP contribution in [0.15, 0.2) is 29.8 Å². The standard InChI is InChI=1S/C18H22N4OS/c1-23-10-5-13-12-22(9-8-19-13)18-15-6-11-24-21-16(15)14-4-2-3-7-20-17(14)18/h2-4,6-7,11,13,19,21H,5,8-10,12H2,1H3/t13-/m0/s1. The lowest BCUT2D eigenvalue weighted by Gasteiger charge is -2.35. The quantitative estimate of drug-likeness (QED) is 0.833. The van der Waals surface area contributed by atoms with Crippen LogP contribution in [-0.4, -0.2) is 44.4 Å². The summed E-state index contributed by atoms with van der Waals surface area (Å²) in [6, 6.07) is 6.65. The summed E-state index contributed by atoms with van der Waals surface area (Å²) in [6.07, 6.45) is 5.12. The lowest BCUT2D eigenvalue weighted by Crippen LogP contribution is -2.51. The number of hydrogen-bond donors (Lipinski definition) is 2. The summed E-state index contributed by atoms with van der Waals surface area (Å²) < 4.78 is 8.70. The Morgan fingerprint density at radius 3 is 3.29 bits per heavy atom. The number of methoxy groups -OCH3 is 1. The van der Waals surface area contributed by atoms with Crippen LogP contribution in [0, 0.1) is 0 Å². The number of rotatable bonds is 4. The van der Waals surface area contributed by atoms with Crippen LogP contribution in [0.2, 0.25) is 0 Å². The Balaban J connectivity index is 1.73. The molecule has 0 bridgehead atoms. The first-order valence-corrected chi connectivity index (χ1v) is 9.22. The van der Waals surface area contributed by atoms with Crippen LogP contribution in [-0.2, 0) is 4.74 Å². The van der Waals surface area contributed by atoms with Gasteiger partial charge in [-0.1, -0.05) is 12.1 Å². The molecule has 6 heteroatoms. The minimum atomic E-state index is 0.451. The molecule has 0 aromatic carbocycles. The van der Waals surface area contributed by atoms with Crippen molar-refractivity contribution < 1.29 is 4.74 Å². The third kappa shape index (κ3) is 2.85. The van der Waals surface area contributed by atoms with E-state index in [-0.39, 0.29) is 0 Å². The van der Waals surface area contributed by atoms with E-state index in [0.717, 1.165) is 38.4 Å². The fraction of sp³-hybridized carbons (Fsp3) is 0.389. The molecule has 1 aliphatic carbocycles. The summed E-state index contributed by atoms with van der Waals surface area (Å²) >= 11 is 1.61. The highest BCUT2D eigenvalue weighted by atomic mass is 32.2. The highest BCUT2D eigenvalue weighted by Gasteiger charge is 2.30. The molecule has 0 aromatic rings. The first-order chi connectivity index (χ1) is 11.9. The van der Waals surface area contributed by atoms with Crippen molar-refractivity contribution in [1.29, 1.82) is 0 Å². The number of nitrogens with zero attached hydrogens (tertiary/aromatic N) is 2. The van der Waals surface area contributed by atoms with Gasteiger partial charge in [0.2, 0.25) is 0 Å². The fourth-order valence-corrected chi connectivity index (χ4v) is 4.13. The van der Waals surface area contributed by atoms with E-state index in [1.54, 1.807) is 19.1 Å². The molecule has 4 aliphatic rings. The minimum Gasteiger partial charge on any atom is -0.385 e. The van der Waals surface area contributed by atoms with Gasteiger partial charge < -0.3 is 19.7 Å². The van der Waals surface area contributed by atoms with Crippen molar-refractivity contribution in [3.63, 3.8) is 0 Å². The van der Waals surface area contributed by atoms with Gasteiger partial charge in [-0.25, -0.2) is 0 Å². The van der Waals surface area contributed by atoms with E-state index < -0.39 is 0 Å². The second-order valence-corrected chi connectivity index (χ2v) is 6.84. The van der Waals surface area contributed by atoms with Crippen molar-refractivity contribution in [3.8, 4) is 11.3 Å². The molecule has 1 atom stereocenters. The summed E-state index contributed by atoms with van der Waals surface area (Å²) in [5.41, 5.74) is 5.97. The molecule has 1 saturated heterocycles. The van der Waals surface area contributed by atoms with Gasteiger partial charge in [-0.15, -0.1) is 0 Å². The molecule has 0 unspecified atom stereocenters. The summed E-state index contributed by atoms with van der Waals surface area (Å²) in [5.74, 6) is 0. The normalized spacial score (nSPS) is 20.0. The van der Waals surface area contributed by atoms with E-state index in [1.165, 1.54) is 22.5 Å². The van der Waals surface area contributed by atoms with Crippen LogP contribution in [0.4, 0.5) is 11.4 Å². The average molecular weight is 342 g/mol. The number of aromatic nitrogens is 1. The Bertz CT molecular complexity index is 720. The number of fused-ring (bicyclic) bond motifs is 3. The third-order valence-corrected chi connectivity index (χ3v) is 5.24. The van der Waals surface area contributed by atoms with Crippen LogP contribution in [0.3, 0.4) is 0 Å². The fourth-order valence-electron chi connectivity index (χ4n) is 3.52. The number of nitrogens with one attached hydrogen (secondary N) is 2. The van der Waals surface area contributed by atoms with E-state index in [9.17, 15) is 0 Å². The molecular weight excluding hydrogens is 320 g/mol. The maximum atomic E-state index is 5.25. The van der Waals surface area contributed by atoms with E-state index in [0.29, 0.717) is 6.04 Å². The van der Waals surface area contributed by atoms with Crippen molar-refractivity contribution >= 4 is 29.4 Å². The smallest absolute Gasteiger partial charge is 0.0963 e. The second-order valence-electron chi connectivity index (χ2n) is 6.13. The van der Waals surface area contributed by atoms with Gasteiger partial charge in [-0.2, -0.15) is 0 Å². The predicted molar refractivity (Wildman–Crippen MR) is 102 cm³/mol. The molecule has 3 heterocycles. The molecular formula is C18H22N4OS. The Labute approximate surface area is 147 Å². The monoisotopic (exact) mass is 342 g/mol. The van der Waals surface area contributed by atoms with Crippen molar-refractivity contribution in [1.82, 2.24) is 10.3 Å². The molecule has 0 aromatic heterocycles. The number of hydrogen-bond acceptors (Lipinski definition) is 6. The largest absolute Gasteiger partial charge is 0.385 e. The molecule has 0 saturated carbocycles. The lowest BCUT2D eigenvalue weighted by molar-refractivity contribution is 0.181. The third-order valence-electron chi connectivity index (χ3n) is 4.64. The van der Waals surface area contributed by atoms with Crippen LogP contribution in [0.25, 0.3) is 17.3 Å². The van der Waals surface area contributed by atoms with E-state index in [1.807, 2.05) is 12.3 Å². The van der Waals surface area contributed by atoms with Gasteiger partial charge in [0, 0.05) is 56.7 Å². The number of ether oxygens (including phenoxy) is 1. The molecule has 5 nitrogen and oxygen atoms in total. The van der Waals surface area contributed by atoms with Crippen LogP contribution in [0.5, 0.6) is 0 Å². The maximum absolute atomic E-state index is 5.25. The van der Waals surface area contributed by atoms with Crippen LogP contribution in [0.1, 0.15) is 12.0 Å². The van der Waals surface area contributed by atoms with Gasteiger partial charge in [0.25, 0.3) is 0 Å². The molecule has 0 spiro atoms. The summed E-state index contributed by atoms with van der Waals surface area (Å²) in [6.45, 7) is 3.75. The number of piperazine rings is 1. The molecule has 24 heavy (non-hydrogen) atoms. The Hall–Kier alpha value is -1.76. The van der Waals surface area contributed by atoms with E-state index in [2.05, 4.69) is 38.6 Å². The van der Waals surface area contributed by atoms with Gasteiger partial charge in [0.05, 0.1) is 17.1 Å². The topological polar surface area (TPSA) is 49.4 Å². The number of anilines is 2. The maximum Gasteiger partial charge on any atom is 0.0963 e. The summed E-state index contributed by atoms with van der Waals surface area (Å²) in [7, 11) is 1.76. The highest BCUT2D eigenvalue weighted by Crippen LogP contribution is 2.48. The molecule has 1 fully saturated rings. The Morgan fingerprint density at radius 2 is 2.38 bits per heavy atom.